The zero-order chi connectivity index (χ0) is 15.9. The molecule has 0 fully saturated rings. The van der Waals surface area contributed by atoms with Crippen molar-refractivity contribution in [2.75, 3.05) is 5.32 Å². The van der Waals surface area contributed by atoms with Crippen LogP contribution >= 0.6 is 28.1 Å². The molecule has 3 aromatic rings. The lowest BCUT2D eigenvalue weighted by atomic mass is 10.1. The van der Waals surface area contributed by atoms with Crippen molar-refractivity contribution in [3.63, 3.8) is 0 Å². The molecule has 112 valence electrons. The average molecular weight is 380 g/mol. The summed E-state index contributed by atoms with van der Waals surface area (Å²) in [7, 11) is 0. The Hall–Kier alpha value is -1.99. The van der Waals surface area contributed by atoms with Gasteiger partial charge in [-0.15, -0.1) is 0 Å². The quantitative estimate of drug-likeness (QED) is 0.565. The molecule has 7 heteroatoms. The molecular formula is C15H11BrFN3OS. The van der Waals surface area contributed by atoms with Crippen molar-refractivity contribution in [3.05, 3.63) is 56.5 Å². The van der Waals surface area contributed by atoms with Crippen LogP contribution in [0, 0.1) is 17.5 Å². The van der Waals surface area contributed by atoms with E-state index in [-0.39, 0.29) is 5.56 Å². The molecule has 4 nitrogen and oxygen atoms in total. The van der Waals surface area contributed by atoms with Gasteiger partial charge in [-0.1, -0.05) is 15.9 Å². The molecule has 0 spiro atoms. The molecule has 3 N–H and O–H groups in total. The van der Waals surface area contributed by atoms with Gasteiger partial charge in [0.2, 0.25) is 0 Å². The molecule has 2 aromatic carbocycles. The lowest BCUT2D eigenvalue weighted by Crippen LogP contribution is -2.13. The van der Waals surface area contributed by atoms with E-state index < -0.39 is 11.7 Å². The molecule has 1 amide bonds. The normalized spacial score (nSPS) is 10.9. The Kier molecular flexibility index (Phi) is 3.84. The van der Waals surface area contributed by atoms with Crippen LogP contribution in [0.4, 0.5) is 10.1 Å². The Morgan fingerprint density at radius 1 is 1.27 bits per heavy atom. The number of anilines is 1. The van der Waals surface area contributed by atoms with Gasteiger partial charge in [-0.25, -0.2) is 4.39 Å². The number of hydrogen-bond acceptors (Lipinski definition) is 2. The minimum absolute atomic E-state index is 0.197. The number of fused-ring (bicyclic) bond motifs is 1. The zero-order valence-corrected chi connectivity index (χ0v) is 13.9. The van der Waals surface area contributed by atoms with Crippen LogP contribution in [0.15, 0.2) is 34.8 Å². The summed E-state index contributed by atoms with van der Waals surface area (Å²) in [5.41, 5.74) is 2.77. The van der Waals surface area contributed by atoms with Gasteiger partial charge in [0.05, 0.1) is 16.6 Å². The van der Waals surface area contributed by atoms with E-state index in [1.54, 1.807) is 6.07 Å². The number of halogens is 2. The number of rotatable bonds is 2. The maximum Gasteiger partial charge on any atom is 0.257 e. The van der Waals surface area contributed by atoms with Crippen molar-refractivity contribution in [1.29, 1.82) is 0 Å². The van der Waals surface area contributed by atoms with E-state index in [2.05, 4.69) is 31.2 Å². The van der Waals surface area contributed by atoms with E-state index >= 15 is 0 Å². The van der Waals surface area contributed by atoms with Gasteiger partial charge in [0.25, 0.3) is 5.91 Å². The van der Waals surface area contributed by atoms with Gasteiger partial charge in [-0.05, 0) is 55.0 Å². The summed E-state index contributed by atoms with van der Waals surface area (Å²) in [5, 5.41) is 2.76. The molecule has 1 heterocycles. The molecule has 0 saturated heterocycles. The highest BCUT2D eigenvalue weighted by Gasteiger charge is 2.14. The van der Waals surface area contributed by atoms with Gasteiger partial charge < -0.3 is 15.3 Å². The molecule has 0 radical (unpaired) electrons. The summed E-state index contributed by atoms with van der Waals surface area (Å²) in [6, 6.07) is 7.92. The Balaban J connectivity index is 2.01. The van der Waals surface area contributed by atoms with E-state index in [9.17, 15) is 9.18 Å². The molecule has 0 atom stereocenters. The summed E-state index contributed by atoms with van der Waals surface area (Å²) in [5.74, 6) is -0.911. The maximum atomic E-state index is 13.7. The highest BCUT2D eigenvalue weighted by Crippen LogP contribution is 2.22. The monoisotopic (exact) mass is 379 g/mol. The highest BCUT2D eigenvalue weighted by molar-refractivity contribution is 9.10. The zero-order valence-electron chi connectivity index (χ0n) is 11.5. The number of aryl methyl sites for hydroxylation is 1. The Bertz CT molecular complexity index is 948. The number of aromatic nitrogens is 2. The second-order valence-corrected chi connectivity index (χ2v) is 6.14. The topological polar surface area (TPSA) is 60.7 Å². The molecule has 0 saturated carbocycles. The molecule has 0 aliphatic heterocycles. The number of nitrogens with one attached hydrogen (secondary N) is 3. The van der Waals surface area contributed by atoms with Gasteiger partial charge in [-0.2, -0.15) is 0 Å². The van der Waals surface area contributed by atoms with E-state index in [4.69, 9.17) is 12.2 Å². The first-order valence-corrected chi connectivity index (χ1v) is 7.63. The number of benzene rings is 2. The lowest BCUT2D eigenvalue weighted by molar-refractivity contribution is 0.102. The first kappa shape index (κ1) is 14.9. The predicted molar refractivity (Wildman–Crippen MR) is 90.3 cm³/mol. The van der Waals surface area contributed by atoms with Gasteiger partial charge in [-0.3, -0.25) is 4.79 Å². The van der Waals surface area contributed by atoms with Crippen molar-refractivity contribution >= 4 is 50.8 Å². The molecule has 22 heavy (non-hydrogen) atoms. The van der Waals surface area contributed by atoms with Crippen LogP contribution in [0.5, 0.6) is 0 Å². The maximum absolute atomic E-state index is 13.7. The number of aromatic amines is 2. The Labute approximate surface area is 138 Å². The third-order valence-electron chi connectivity index (χ3n) is 3.25. The van der Waals surface area contributed by atoms with Crippen LogP contribution in [-0.2, 0) is 0 Å². The third kappa shape index (κ3) is 2.82. The van der Waals surface area contributed by atoms with E-state index in [1.807, 2.05) is 19.1 Å². The fourth-order valence-electron chi connectivity index (χ4n) is 2.21. The molecule has 0 unspecified atom stereocenters. The van der Waals surface area contributed by atoms with Crippen molar-refractivity contribution < 1.29 is 9.18 Å². The van der Waals surface area contributed by atoms with Gasteiger partial charge in [0.1, 0.15) is 5.82 Å². The predicted octanol–water partition coefficient (Wildman–Crippen LogP) is 4.69. The number of carbonyl (C=O) groups is 1. The second-order valence-electron chi connectivity index (χ2n) is 4.87. The Morgan fingerprint density at radius 2 is 2.05 bits per heavy atom. The van der Waals surface area contributed by atoms with E-state index in [0.717, 1.165) is 10.0 Å². The number of carbonyl (C=O) groups excluding carboxylic acids is 1. The van der Waals surface area contributed by atoms with Crippen molar-refractivity contribution in [3.8, 4) is 0 Å². The first-order valence-electron chi connectivity index (χ1n) is 6.43. The molecule has 3 rings (SSSR count). The van der Waals surface area contributed by atoms with Crippen LogP contribution in [0.1, 0.15) is 15.9 Å². The smallest absolute Gasteiger partial charge is 0.257 e. The lowest BCUT2D eigenvalue weighted by Gasteiger charge is -2.08. The third-order valence-corrected chi connectivity index (χ3v) is 4.34. The Morgan fingerprint density at radius 3 is 2.77 bits per heavy atom. The summed E-state index contributed by atoms with van der Waals surface area (Å²) < 4.78 is 15.0. The van der Waals surface area contributed by atoms with Gasteiger partial charge in [0.15, 0.2) is 4.77 Å². The van der Waals surface area contributed by atoms with Crippen LogP contribution in [0.3, 0.4) is 0 Å². The molecule has 0 aliphatic rings. The fourth-order valence-corrected chi connectivity index (χ4v) is 2.67. The van der Waals surface area contributed by atoms with Crippen LogP contribution < -0.4 is 5.32 Å². The molecule has 0 bridgehead atoms. The van der Waals surface area contributed by atoms with Crippen molar-refractivity contribution in [2.24, 2.45) is 0 Å². The SMILES string of the molecule is Cc1cc(NC(=O)c2cc(F)cc3[nH]c(=S)[nH]c23)ccc1Br. The van der Waals surface area contributed by atoms with Crippen LogP contribution in [-0.4, -0.2) is 15.9 Å². The summed E-state index contributed by atoms with van der Waals surface area (Å²) >= 11 is 8.40. The van der Waals surface area contributed by atoms with Gasteiger partial charge >= 0.3 is 0 Å². The van der Waals surface area contributed by atoms with E-state index in [0.29, 0.717) is 21.5 Å². The summed E-state index contributed by atoms with van der Waals surface area (Å²) in [6.07, 6.45) is 0. The number of H-pyrrole nitrogens is 2. The van der Waals surface area contributed by atoms with Gasteiger partial charge in [0, 0.05) is 10.2 Å². The number of amides is 1. The molecular weight excluding hydrogens is 369 g/mol. The summed E-state index contributed by atoms with van der Waals surface area (Å²) in [4.78, 5) is 18.1. The second kappa shape index (κ2) is 5.66. The standard InChI is InChI=1S/C15H11BrFN3OS/c1-7-4-9(2-3-11(7)16)18-14(21)10-5-8(17)6-12-13(10)20-15(22)19-12/h2-6H,1H3,(H,18,21)(H2,19,20,22). The number of imidazole rings is 1. The van der Waals surface area contributed by atoms with Crippen molar-refractivity contribution in [2.45, 2.75) is 6.92 Å². The van der Waals surface area contributed by atoms with Crippen LogP contribution in [0.2, 0.25) is 0 Å². The molecule has 1 aromatic heterocycles. The summed E-state index contributed by atoms with van der Waals surface area (Å²) in [6.45, 7) is 1.92. The minimum atomic E-state index is -0.505. The highest BCUT2D eigenvalue weighted by atomic mass is 79.9. The van der Waals surface area contributed by atoms with Crippen LogP contribution in [0.25, 0.3) is 11.0 Å². The molecule has 0 aliphatic carbocycles. The van der Waals surface area contributed by atoms with Crippen molar-refractivity contribution in [1.82, 2.24) is 9.97 Å². The first-order chi connectivity index (χ1) is 10.4. The fraction of sp³-hybridized carbons (Fsp3) is 0.0667. The largest absolute Gasteiger partial charge is 0.331 e. The minimum Gasteiger partial charge on any atom is -0.331 e. The average Bonchev–Trinajstić information content (AvgIpc) is 2.82. The van der Waals surface area contributed by atoms with E-state index in [1.165, 1.54) is 12.1 Å². The number of hydrogen-bond donors (Lipinski definition) is 3.